The number of nitrogens with zero attached hydrogens (tertiary/aromatic N) is 2. The number of piperazine rings is 1. The third-order valence-electron chi connectivity index (χ3n) is 4.26. The van der Waals surface area contributed by atoms with Crippen molar-refractivity contribution in [1.29, 1.82) is 0 Å². The van der Waals surface area contributed by atoms with E-state index in [9.17, 15) is 9.59 Å². The largest absolute Gasteiger partial charge is 0.494 e. The maximum Gasteiger partial charge on any atom is 0.289 e. The number of anilines is 1. The molecule has 7 nitrogen and oxygen atoms in total. The minimum atomic E-state index is -0.130. The molecular weight excluding hydrogens is 334 g/mol. The standard InChI is InChI=1S/C19H23N3O4/c1-2-25-16-7-5-15(6-8-16)20-14-18(23)21-9-11-22(12-10-21)19(24)17-4-3-13-26-17/h3-8,13,20H,2,9-12,14H2,1H3. The number of amides is 2. The second kappa shape index (κ2) is 8.42. The van der Waals surface area contributed by atoms with Gasteiger partial charge in [-0.15, -0.1) is 0 Å². The molecule has 1 aromatic heterocycles. The first kappa shape index (κ1) is 17.8. The molecule has 1 N–H and O–H groups in total. The monoisotopic (exact) mass is 357 g/mol. The van der Waals surface area contributed by atoms with Crippen LogP contribution in [0.3, 0.4) is 0 Å². The predicted octanol–water partition coefficient (Wildman–Crippen LogP) is 2.07. The number of rotatable bonds is 6. The Morgan fingerprint density at radius 1 is 1.08 bits per heavy atom. The van der Waals surface area contributed by atoms with Crippen LogP contribution in [-0.2, 0) is 4.79 Å². The van der Waals surface area contributed by atoms with Gasteiger partial charge in [-0.05, 0) is 43.3 Å². The highest BCUT2D eigenvalue weighted by molar-refractivity contribution is 5.91. The molecular formula is C19H23N3O4. The smallest absolute Gasteiger partial charge is 0.289 e. The van der Waals surface area contributed by atoms with Gasteiger partial charge >= 0.3 is 0 Å². The highest BCUT2D eigenvalue weighted by Gasteiger charge is 2.25. The fourth-order valence-electron chi connectivity index (χ4n) is 2.84. The number of benzene rings is 1. The van der Waals surface area contributed by atoms with Gasteiger partial charge in [-0.2, -0.15) is 0 Å². The summed E-state index contributed by atoms with van der Waals surface area (Å²) in [5.74, 6) is 1.03. The highest BCUT2D eigenvalue weighted by atomic mass is 16.5. The molecule has 0 saturated carbocycles. The maximum atomic E-state index is 12.4. The van der Waals surface area contributed by atoms with E-state index in [0.717, 1.165) is 11.4 Å². The third-order valence-corrected chi connectivity index (χ3v) is 4.26. The molecule has 0 radical (unpaired) electrons. The van der Waals surface area contributed by atoms with Gasteiger partial charge < -0.3 is 24.3 Å². The topological polar surface area (TPSA) is 75.0 Å². The van der Waals surface area contributed by atoms with Crippen molar-refractivity contribution in [2.45, 2.75) is 6.92 Å². The normalized spacial score (nSPS) is 14.2. The Labute approximate surface area is 152 Å². The highest BCUT2D eigenvalue weighted by Crippen LogP contribution is 2.15. The van der Waals surface area contributed by atoms with Crippen LogP contribution in [-0.4, -0.2) is 60.9 Å². The van der Waals surface area contributed by atoms with Crippen LogP contribution >= 0.6 is 0 Å². The molecule has 0 bridgehead atoms. The second-order valence-corrected chi connectivity index (χ2v) is 5.96. The number of carbonyl (C=O) groups excluding carboxylic acids is 2. The molecule has 0 aliphatic carbocycles. The Morgan fingerprint density at radius 2 is 1.77 bits per heavy atom. The van der Waals surface area contributed by atoms with E-state index in [4.69, 9.17) is 9.15 Å². The number of furan rings is 1. The first-order chi connectivity index (χ1) is 12.7. The Hall–Kier alpha value is -2.96. The van der Waals surface area contributed by atoms with Crippen LogP contribution in [0.15, 0.2) is 47.1 Å². The molecule has 0 spiro atoms. The molecule has 2 amide bonds. The first-order valence-electron chi connectivity index (χ1n) is 8.74. The van der Waals surface area contributed by atoms with E-state index in [1.807, 2.05) is 31.2 Å². The SMILES string of the molecule is CCOc1ccc(NCC(=O)N2CCN(C(=O)c3ccco3)CC2)cc1. The summed E-state index contributed by atoms with van der Waals surface area (Å²) in [4.78, 5) is 28.1. The quantitative estimate of drug-likeness (QED) is 0.857. The molecule has 1 fully saturated rings. The summed E-state index contributed by atoms with van der Waals surface area (Å²) in [6.45, 7) is 4.85. The fraction of sp³-hybridized carbons (Fsp3) is 0.368. The van der Waals surface area contributed by atoms with E-state index in [0.29, 0.717) is 38.5 Å². The van der Waals surface area contributed by atoms with Gasteiger partial charge in [0.25, 0.3) is 5.91 Å². The summed E-state index contributed by atoms with van der Waals surface area (Å²) in [6, 6.07) is 10.9. The van der Waals surface area contributed by atoms with E-state index in [-0.39, 0.29) is 18.4 Å². The van der Waals surface area contributed by atoms with E-state index in [1.165, 1.54) is 6.26 Å². The van der Waals surface area contributed by atoms with Crippen LogP contribution in [0.4, 0.5) is 5.69 Å². The zero-order chi connectivity index (χ0) is 18.4. The number of hydrogen-bond donors (Lipinski definition) is 1. The number of ether oxygens (including phenoxy) is 1. The van der Waals surface area contributed by atoms with Crippen molar-refractivity contribution in [3.63, 3.8) is 0 Å². The molecule has 138 valence electrons. The number of carbonyl (C=O) groups is 2. The van der Waals surface area contributed by atoms with Crippen LogP contribution in [0.1, 0.15) is 17.5 Å². The Morgan fingerprint density at radius 3 is 2.38 bits per heavy atom. The van der Waals surface area contributed by atoms with Crippen LogP contribution in [0.5, 0.6) is 5.75 Å². The van der Waals surface area contributed by atoms with Gasteiger partial charge in [0.05, 0.1) is 19.4 Å². The van der Waals surface area contributed by atoms with Gasteiger partial charge in [-0.1, -0.05) is 0 Å². The molecule has 7 heteroatoms. The average Bonchev–Trinajstić information content (AvgIpc) is 3.22. The van der Waals surface area contributed by atoms with Crippen molar-refractivity contribution in [2.75, 3.05) is 44.6 Å². The van der Waals surface area contributed by atoms with E-state index < -0.39 is 0 Å². The molecule has 2 heterocycles. The van der Waals surface area contributed by atoms with Crippen LogP contribution in [0, 0.1) is 0 Å². The summed E-state index contributed by atoms with van der Waals surface area (Å²) in [5.41, 5.74) is 0.869. The Balaban J connectivity index is 1.44. The summed E-state index contributed by atoms with van der Waals surface area (Å²) >= 11 is 0. The molecule has 1 aromatic carbocycles. The lowest BCUT2D eigenvalue weighted by Gasteiger charge is -2.34. The fourth-order valence-corrected chi connectivity index (χ4v) is 2.84. The van der Waals surface area contributed by atoms with Crippen LogP contribution in [0.25, 0.3) is 0 Å². The lowest BCUT2D eigenvalue weighted by atomic mass is 10.2. The zero-order valence-electron chi connectivity index (χ0n) is 14.8. The summed E-state index contributed by atoms with van der Waals surface area (Å²) in [7, 11) is 0. The van der Waals surface area contributed by atoms with Gasteiger partial charge in [-0.25, -0.2) is 0 Å². The molecule has 1 aliphatic heterocycles. The minimum absolute atomic E-state index is 0.0176. The molecule has 1 aliphatic rings. The molecule has 1 saturated heterocycles. The molecule has 26 heavy (non-hydrogen) atoms. The van der Waals surface area contributed by atoms with Gasteiger partial charge in [0.15, 0.2) is 5.76 Å². The second-order valence-electron chi connectivity index (χ2n) is 5.96. The van der Waals surface area contributed by atoms with Crippen molar-refractivity contribution in [3.05, 3.63) is 48.4 Å². The lowest BCUT2D eigenvalue weighted by molar-refractivity contribution is -0.130. The minimum Gasteiger partial charge on any atom is -0.494 e. The van der Waals surface area contributed by atoms with Crippen LogP contribution in [0.2, 0.25) is 0 Å². The first-order valence-corrected chi connectivity index (χ1v) is 8.74. The molecule has 0 unspecified atom stereocenters. The summed E-state index contributed by atoms with van der Waals surface area (Å²) in [5, 5.41) is 3.13. The van der Waals surface area contributed by atoms with Crippen molar-refractivity contribution < 1.29 is 18.7 Å². The van der Waals surface area contributed by atoms with Gasteiger partial charge in [-0.3, -0.25) is 9.59 Å². The van der Waals surface area contributed by atoms with E-state index in [2.05, 4.69) is 5.32 Å². The van der Waals surface area contributed by atoms with Gasteiger partial charge in [0.1, 0.15) is 5.75 Å². The Kier molecular flexibility index (Phi) is 5.78. The predicted molar refractivity (Wildman–Crippen MR) is 97.3 cm³/mol. The van der Waals surface area contributed by atoms with Crippen molar-refractivity contribution in [2.24, 2.45) is 0 Å². The third kappa shape index (κ3) is 4.36. The average molecular weight is 357 g/mol. The lowest BCUT2D eigenvalue weighted by Crippen LogP contribution is -2.51. The number of nitrogens with one attached hydrogen (secondary N) is 1. The molecule has 3 rings (SSSR count). The Bertz CT molecular complexity index is 720. The number of hydrogen-bond acceptors (Lipinski definition) is 5. The maximum absolute atomic E-state index is 12.4. The van der Waals surface area contributed by atoms with Crippen molar-refractivity contribution in [3.8, 4) is 5.75 Å². The molecule has 2 aromatic rings. The van der Waals surface area contributed by atoms with Crippen molar-refractivity contribution >= 4 is 17.5 Å². The van der Waals surface area contributed by atoms with Crippen LogP contribution < -0.4 is 10.1 Å². The van der Waals surface area contributed by atoms with Crippen molar-refractivity contribution in [1.82, 2.24) is 9.80 Å². The van der Waals surface area contributed by atoms with Gasteiger partial charge in [0.2, 0.25) is 5.91 Å². The summed E-state index contributed by atoms with van der Waals surface area (Å²) in [6.07, 6.45) is 1.49. The van der Waals surface area contributed by atoms with Gasteiger partial charge in [0, 0.05) is 31.9 Å². The zero-order valence-corrected chi connectivity index (χ0v) is 14.8. The van der Waals surface area contributed by atoms with E-state index >= 15 is 0 Å². The van der Waals surface area contributed by atoms with E-state index in [1.54, 1.807) is 21.9 Å². The summed E-state index contributed by atoms with van der Waals surface area (Å²) < 4.78 is 10.5. The molecule has 0 atom stereocenters.